The SMILES string of the molecule is CC(C)(C)c1ccc2c(c1)c1cc(C(C)(C)C)ccc1n2-c1ccc2c(c1)N(c1cc(-c3ccccc3)cc(-c3ccccc3)c1)c1cc(-n3c4ccccc4c4ccccc43)cc3c1B2c1ccc(-n2c4ccccc4c4cc(-n5c6ccccc6c6ccccc65)ccc42)cc1N3c1cc(-c2ccccc2)cc(-c2ccccc2)c1. The zero-order chi connectivity index (χ0) is 78.1. The second kappa shape index (κ2) is 26.1. The van der Waals surface area contributed by atoms with Crippen LogP contribution in [0.15, 0.2) is 382 Å². The summed E-state index contributed by atoms with van der Waals surface area (Å²) in [7, 11) is 0. The van der Waals surface area contributed by atoms with Crippen molar-refractivity contribution in [3.63, 3.8) is 0 Å². The summed E-state index contributed by atoms with van der Waals surface area (Å²) in [5.74, 6) is 0. The van der Waals surface area contributed by atoms with Crippen molar-refractivity contribution >= 4 is 144 Å². The number of anilines is 6. The first-order valence-electron chi connectivity index (χ1n) is 41.0. The first-order valence-corrected chi connectivity index (χ1v) is 41.0. The molecule has 0 spiro atoms. The topological polar surface area (TPSA) is 26.2 Å². The van der Waals surface area contributed by atoms with Crippen LogP contribution < -0.4 is 26.2 Å². The Kier molecular flexibility index (Phi) is 15.2. The fraction of sp³-hybridized carbons (Fsp3) is 0.0727. The third kappa shape index (κ3) is 10.8. The fourth-order valence-electron chi connectivity index (χ4n) is 19.6. The first-order chi connectivity index (χ1) is 57.3. The zero-order valence-electron chi connectivity index (χ0n) is 66.1. The first kappa shape index (κ1) is 68.2. The number of benzene rings is 17. The van der Waals surface area contributed by atoms with Gasteiger partial charge in [0.05, 0.1) is 49.8 Å². The van der Waals surface area contributed by atoms with Crippen molar-refractivity contribution < 1.29 is 0 Å². The molecule has 0 atom stereocenters. The summed E-state index contributed by atoms with van der Waals surface area (Å²) >= 11 is 0. The van der Waals surface area contributed by atoms with Gasteiger partial charge in [0.15, 0.2) is 0 Å². The molecule has 2 aliphatic heterocycles. The lowest BCUT2D eigenvalue weighted by Crippen LogP contribution is -2.61. The number of nitrogens with zero attached hydrogens (tertiary/aromatic N) is 6. The van der Waals surface area contributed by atoms with Gasteiger partial charge in [-0.3, -0.25) is 0 Å². The van der Waals surface area contributed by atoms with E-state index in [2.05, 4.69) is 452 Å². The van der Waals surface area contributed by atoms with E-state index in [0.29, 0.717) is 0 Å². The van der Waals surface area contributed by atoms with Gasteiger partial charge < -0.3 is 28.1 Å². The van der Waals surface area contributed by atoms with Crippen LogP contribution in [0.1, 0.15) is 52.7 Å². The minimum absolute atomic E-state index is 0.0714. The number of hydrogen-bond acceptors (Lipinski definition) is 2. The van der Waals surface area contributed by atoms with Crippen LogP contribution in [-0.2, 0) is 10.8 Å². The Balaban J connectivity index is 0.855. The molecule has 4 aromatic heterocycles. The average Bonchev–Trinajstić information content (AvgIpc) is 1.02. The van der Waals surface area contributed by atoms with Gasteiger partial charge in [0.1, 0.15) is 0 Å². The maximum atomic E-state index is 2.66. The van der Waals surface area contributed by atoms with Crippen molar-refractivity contribution in [3.8, 4) is 67.3 Å². The van der Waals surface area contributed by atoms with Gasteiger partial charge in [-0.25, -0.2) is 0 Å². The molecule has 17 aromatic carbocycles. The lowest BCUT2D eigenvalue weighted by atomic mass is 9.33. The molecule has 0 saturated carbocycles. The van der Waals surface area contributed by atoms with E-state index in [0.717, 1.165) is 123 Å². The minimum Gasteiger partial charge on any atom is -0.311 e. The van der Waals surface area contributed by atoms with Crippen molar-refractivity contribution in [2.75, 3.05) is 9.80 Å². The summed E-state index contributed by atoms with van der Waals surface area (Å²) < 4.78 is 10.1. The Bertz CT molecular complexity index is 7360. The molecule has 23 rings (SSSR count). The second-order valence-electron chi connectivity index (χ2n) is 34.1. The van der Waals surface area contributed by atoms with Crippen LogP contribution in [0.25, 0.3) is 154 Å². The van der Waals surface area contributed by atoms with Crippen LogP contribution in [0.5, 0.6) is 0 Å². The minimum atomic E-state index is -0.284. The second-order valence-corrected chi connectivity index (χ2v) is 34.1. The quantitative estimate of drug-likeness (QED) is 0.128. The summed E-state index contributed by atoms with van der Waals surface area (Å²) in [6, 6.07) is 145. The number of aromatic nitrogens is 4. The third-order valence-corrected chi connectivity index (χ3v) is 25.2. The molecular weight excluding hydrogens is 1420 g/mol. The van der Waals surface area contributed by atoms with Gasteiger partial charge in [0.25, 0.3) is 6.71 Å². The van der Waals surface area contributed by atoms with E-state index in [4.69, 9.17) is 0 Å². The third-order valence-electron chi connectivity index (χ3n) is 25.2. The highest BCUT2D eigenvalue weighted by atomic mass is 15.2. The van der Waals surface area contributed by atoms with Crippen LogP contribution in [0.4, 0.5) is 34.1 Å². The zero-order valence-corrected chi connectivity index (χ0v) is 66.1. The molecule has 117 heavy (non-hydrogen) atoms. The van der Waals surface area contributed by atoms with E-state index in [1.54, 1.807) is 0 Å². The molecule has 7 heteroatoms. The summed E-state index contributed by atoms with van der Waals surface area (Å²) in [4.78, 5) is 5.31. The smallest absolute Gasteiger partial charge is 0.252 e. The molecule has 0 N–H and O–H groups in total. The Morgan fingerprint density at radius 3 is 0.795 bits per heavy atom. The summed E-state index contributed by atoms with van der Waals surface area (Å²) in [6.45, 7) is 13.7. The highest BCUT2D eigenvalue weighted by Crippen LogP contribution is 2.51. The molecule has 0 unspecified atom stereocenters. The van der Waals surface area contributed by atoms with Crippen molar-refractivity contribution in [2.45, 2.75) is 52.4 Å². The standard InChI is InChI=1S/C110H81BN6/c1-109(2,3)78-47-54-101-91(63-78)92-64-79(110(4,5)6)48-55-102(92)114(101)82-50-53-95-105(67-82)117(84-61-76(72-33-15-9-16-34-72)58-77(62-84)73-35-17-10-18-36-73)107-69-85(115-98-44-26-21-39-88(98)89-40-22-27-45-99(89)115)68-106-108(107)111(95)94-52-49-81(66-104(94)116(106)83-59-74(70-29-11-7-12-30-70)57-75(60-83)71-31-13-8-14-32-71)113-100-46-28-23-41-90(100)93-65-80(51-56-103(93)113)112-96-42-24-19-37-86(96)87-38-20-25-43-97(87)112/h7-69H,1-6H3. The molecule has 554 valence electrons. The lowest BCUT2D eigenvalue weighted by Gasteiger charge is -2.45. The maximum absolute atomic E-state index is 2.66. The van der Waals surface area contributed by atoms with E-state index >= 15 is 0 Å². The van der Waals surface area contributed by atoms with Gasteiger partial charge >= 0.3 is 0 Å². The molecule has 0 aliphatic carbocycles. The molecule has 0 bridgehead atoms. The van der Waals surface area contributed by atoms with Crippen molar-refractivity contribution in [1.82, 2.24) is 18.3 Å². The Morgan fingerprint density at radius 2 is 0.453 bits per heavy atom. The van der Waals surface area contributed by atoms with Crippen LogP contribution in [0.2, 0.25) is 0 Å². The highest BCUT2D eigenvalue weighted by Gasteiger charge is 2.45. The molecule has 2 aliphatic rings. The number of hydrogen-bond donors (Lipinski definition) is 0. The molecule has 6 heterocycles. The van der Waals surface area contributed by atoms with Gasteiger partial charge in [0, 0.05) is 94.3 Å². The fourth-order valence-corrected chi connectivity index (χ4v) is 19.6. The number of para-hydroxylation sites is 5. The molecule has 6 nitrogen and oxygen atoms in total. The molecular formula is C110H81BN6. The van der Waals surface area contributed by atoms with Crippen LogP contribution in [0, 0.1) is 0 Å². The number of rotatable bonds is 10. The molecule has 0 radical (unpaired) electrons. The monoisotopic (exact) mass is 1500 g/mol. The van der Waals surface area contributed by atoms with Gasteiger partial charge in [-0.15, -0.1) is 0 Å². The normalized spacial score (nSPS) is 12.8. The molecule has 0 amide bonds. The van der Waals surface area contributed by atoms with Crippen molar-refractivity contribution in [3.05, 3.63) is 393 Å². The Hall–Kier alpha value is -14.4. The highest BCUT2D eigenvalue weighted by molar-refractivity contribution is 7.00. The van der Waals surface area contributed by atoms with Gasteiger partial charge in [-0.2, -0.15) is 0 Å². The van der Waals surface area contributed by atoms with Crippen LogP contribution in [0.3, 0.4) is 0 Å². The predicted molar refractivity (Wildman–Crippen MR) is 497 cm³/mol. The van der Waals surface area contributed by atoms with E-state index in [1.165, 1.54) is 92.7 Å². The van der Waals surface area contributed by atoms with E-state index < -0.39 is 0 Å². The van der Waals surface area contributed by atoms with E-state index in [1.807, 2.05) is 0 Å². The van der Waals surface area contributed by atoms with Gasteiger partial charge in [-0.1, -0.05) is 278 Å². The number of fused-ring (bicyclic) bond motifs is 16. The summed E-state index contributed by atoms with van der Waals surface area (Å²) in [5.41, 5.74) is 35.3. The van der Waals surface area contributed by atoms with E-state index in [9.17, 15) is 0 Å². The maximum Gasteiger partial charge on any atom is 0.252 e. The van der Waals surface area contributed by atoms with Crippen LogP contribution >= 0.6 is 0 Å². The lowest BCUT2D eigenvalue weighted by molar-refractivity contribution is 0.590. The summed E-state index contributed by atoms with van der Waals surface area (Å²) in [5, 5.41) is 9.76. The molecule has 21 aromatic rings. The van der Waals surface area contributed by atoms with Crippen molar-refractivity contribution in [2.24, 2.45) is 0 Å². The van der Waals surface area contributed by atoms with E-state index in [-0.39, 0.29) is 17.5 Å². The van der Waals surface area contributed by atoms with Crippen molar-refractivity contribution in [1.29, 1.82) is 0 Å². The summed E-state index contributed by atoms with van der Waals surface area (Å²) in [6.07, 6.45) is 0. The Labute approximate surface area is 680 Å². The average molecular weight is 1500 g/mol. The van der Waals surface area contributed by atoms with Gasteiger partial charge in [0.2, 0.25) is 0 Å². The largest absolute Gasteiger partial charge is 0.311 e. The van der Waals surface area contributed by atoms with Gasteiger partial charge in [-0.05, 0) is 228 Å². The van der Waals surface area contributed by atoms with Crippen LogP contribution in [-0.4, -0.2) is 25.0 Å². The predicted octanol–water partition coefficient (Wildman–Crippen LogP) is 27.4. The molecule has 0 saturated heterocycles. The Morgan fingerprint density at radius 1 is 0.188 bits per heavy atom. The molecule has 0 fully saturated rings.